The van der Waals surface area contributed by atoms with Gasteiger partial charge in [-0.15, -0.1) is 0 Å². The summed E-state index contributed by atoms with van der Waals surface area (Å²) in [5.74, 6) is 0.00331. The highest BCUT2D eigenvalue weighted by Crippen LogP contribution is 2.14. The Morgan fingerprint density at radius 3 is 2.40 bits per heavy atom. The van der Waals surface area contributed by atoms with Gasteiger partial charge in [-0.3, -0.25) is 9.78 Å². The van der Waals surface area contributed by atoms with E-state index in [9.17, 15) is 9.59 Å². The lowest BCUT2D eigenvalue weighted by atomic mass is 9.96. The van der Waals surface area contributed by atoms with Gasteiger partial charge in [-0.1, -0.05) is 26.8 Å². The van der Waals surface area contributed by atoms with Gasteiger partial charge in [0, 0.05) is 30.9 Å². The standard InChI is InChI=1S/C19H31N3O3/c1-18(2,3)16(23)21-11-8-12-22(17(24)25-19(4,5)6)14-15-9-7-10-20-13-15/h7,9-10,13H,8,11-12,14H2,1-6H3,(H,21,23). The maximum atomic E-state index is 12.4. The van der Waals surface area contributed by atoms with Crippen LogP contribution in [0.4, 0.5) is 4.79 Å². The maximum Gasteiger partial charge on any atom is 0.410 e. The molecule has 0 bridgehead atoms. The first-order valence-electron chi connectivity index (χ1n) is 8.64. The molecule has 1 N–H and O–H groups in total. The summed E-state index contributed by atoms with van der Waals surface area (Å²) >= 11 is 0. The molecule has 0 atom stereocenters. The van der Waals surface area contributed by atoms with Gasteiger partial charge in [0.2, 0.25) is 5.91 Å². The average Bonchev–Trinajstić information content (AvgIpc) is 2.48. The van der Waals surface area contributed by atoms with E-state index in [4.69, 9.17) is 4.74 Å². The number of nitrogens with zero attached hydrogens (tertiary/aromatic N) is 2. The average molecular weight is 349 g/mol. The fourth-order valence-electron chi connectivity index (χ4n) is 2.01. The van der Waals surface area contributed by atoms with Crippen LogP contribution in [-0.2, 0) is 16.1 Å². The van der Waals surface area contributed by atoms with E-state index < -0.39 is 11.0 Å². The lowest BCUT2D eigenvalue weighted by Gasteiger charge is -2.27. The van der Waals surface area contributed by atoms with Crippen molar-refractivity contribution in [3.63, 3.8) is 0 Å². The van der Waals surface area contributed by atoms with Gasteiger partial charge in [0.05, 0.1) is 6.54 Å². The van der Waals surface area contributed by atoms with Crippen LogP contribution in [0, 0.1) is 5.41 Å². The van der Waals surface area contributed by atoms with E-state index in [-0.39, 0.29) is 12.0 Å². The van der Waals surface area contributed by atoms with Gasteiger partial charge >= 0.3 is 6.09 Å². The molecule has 0 aliphatic heterocycles. The van der Waals surface area contributed by atoms with Gasteiger partial charge < -0.3 is 15.0 Å². The van der Waals surface area contributed by atoms with Gasteiger partial charge in [-0.2, -0.15) is 0 Å². The Morgan fingerprint density at radius 2 is 1.88 bits per heavy atom. The molecule has 0 aromatic carbocycles. The smallest absolute Gasteiger partial charge is 0.410 e. The minimum atomic E-state index is -0.551. The Bertz CT molecular complexity index is 560. The molecule has 0 spiro atoms. The summed E-state index contributed by atoms with van der Waals surface area (Å²) in [4.78, 5) is 30.1. The predicted octanol–water partition coefficient (Wildman–Crippen LogP) is 3.37. The van der Waals surface area contributed by atoms with E-state index in [1.807, 2.05) is 53.7 Å². The van der Waals surface area contributed by atoms with Crippen molar-refractivity contribution in [3.8, 4) is 0 Å². The maximum absolute atomic E-state index is 12.4. The largest absolute Gasteiger partial charge is 0.444 e. The van der Waals surface area contributed by atoms with Crippen LogP contribution < -0.4 is 5.32 Å². The topological polar surface area (TPSA) is 71.5 Å². The second kappa shape index (κ2) is 8.83. The number of carbonyl (C=O) groups excluding carboxylic acids is 2. The van der Waals surface area contributed by atoms with Crippen LogP contribution in [-0.4, -0.2) is 40.6 Å². The molecule has 1 aromatic heterocycles. The monoisotopic (exact) mass is 349 g/mol. The highest BCUT2D eigenvalue weighted by Gasteiger charge is 2.23. The first-order valence-corrected chi connectivity index (χ1v) is 8.64. The summed E-state index contributed by atoms with van der Waals surface area (Å²) in [7, 11) is 0. The molecule has 0 fully saturated rings. The zero-order valence-electron chi connectivity index (χ0n) is 16.3. The number of hydrogen-bond donors (Lipinski definition) is 1. The minimum absolute atomic E-state index is 0.00331. The number of nitrogens with one attached hydrogen (secondary N) is 1. The molecule has 0 unspecified atom stereocenters. The summed E-state index contributed by atoms with van der Waals surface area (Å²) in [6, 6.07) is 3.76. The van der Waals surface area contributed by atoms with Crippen LogP contribution in [0.1, 0.15) is 53.5 Å². The molecule has 0 radical (unpaired) electrons. The number of aromatic nitrogens is 1. The second-order valence-electron chi connectivity index (χ2n) is 8.12. The van der Waals surface area contributed by atoms with Gasteiger partial charge in [-0.25, -0.2) is 4.79 Å². The van der Waals surface area contributed by atoms with Crippen molar-refractivity contribution in [1.29, 1.82) is 0 Å². The van der Waals surface area contributed by atoms with Crippen molar-refractivity contribution >= 4 is 12.0 Å². The molecule has 0 aliphatic rings. The Morgan fingerprint density at radius 1 is 1.20 bits per heavy atom. The van der Waals surface area contributed by atoms with Gasteiger partial charge in [0.15, 0.2) is 0 Å². The Balaban J connectivity index is 2.62. The summed E-state index contributed by atoms with van der Waals surface area (Å²) in [6.45, 7) is 12.6. The normalized spacial score (nSPS) is 11.8. The minimum Gasteiger partial charge on any atom is -0.444 e. The number of carbonyl (C=O) groups is 2. The zero-order chi connectivity index (χ0) is 19.1. The van der Waals surface area contributed by atoms with Crippen LogP contribution in [0.5, 0.6) is 0 Å². The van der Waals surface area contributed by atoms with Crippen LogP contribution in [0.2, 0.25) is 0 Å². The van der Waals surface area contributed by atoms with Crippen molar-refractivity contribution in [2.24, 2.45) is 5.41 Å². The summed E-state index contributed by atoms with van der Waals surface area (Å²) in [6.07, 6.45) is 3.72. The van der Waals surface area contributed by atoms with Gasteiger partial charge in [0.1, 0.15) is 5.60 Å². The molecule has 0 saturated heterocycles. The Kier molecular flexibility index (Phi) is 7.39. The summed E-state index contributed by atoms with van der Waals surface area (Å²) in [5.41, 5.74) is -0.0299. The molecule has 140 valence electrons. The first kappa shape index (κ1) is 20.9. The number of rotatable bonds is 6. The third kappa shape index (κ3) is 8.52. The number of ether oxygens (including phenoxy) is 1. The molecular formula is C19H31N3O3. The van der Waals surface area contributed by atoms with Crippen molar-refractivity contribution in [2.45, 2.75) is 60.1 Å². The Labute approximate surface area is 151 Å². The lowest BCUT2D eigenvalue weighted by Crippen LogP contribution is -2.39. The van der Waals surface area contributed by atoms with Gasteiger partial charge in [-0.05, 0) is 38.8 Å². The van der Waals surface area contributed by atoms with Crippen molar-refractivity contribution in [3.05, 3.63) is 30.1 Å². The number of amides is 2. The van der Waals surface area contributed by atoms with Crippen LogP contribution in [0.25, 0.3) is 0 Å². The zero-order valence-corrected chi connectivity index (χ0v) is 16.3. The molecular weight excluding hydrogens is 318 g/mol. The Hall–Kier alpha value is -2.11. The van der Waals surface area contributed by atoms with Crippen molar-refractivity contribution < 1.29 is 14.3 Å². The highest BCUT2D eigenvalue weighted by molar-refractivity contribution is 5.81. The van der Waals surface area contributed by atoms with Crippen molar-refractivity contribution in [2.75, 3.05) is 13.1 Å². The number of hydrogen-bond acceptors (Lipinski definition) is 4. The van der Waals surface area contributed by atoms with E-state index in [2.05, 4.69) is 10.3 Å². The van der Waals surface area contributed by atoms with E-state index in [0.29, 0.717) is 26.1 Å². The molecule has 6 heteroatoms. The van der Waals surface area contributed by atoms with Crippen LogP contribution >= 0.6 is 0 Å². The molecule has 6 nitrogen and oxygen atoms in total. The second-order valence-corrected chi connectivity index (χ2v) is 8.12. The highest BCUT2D eigenvalue weighted by atomic mass is 16.6. The molecule has 1 aromatic rings. The molecule has 0 aliphatic carbocycles. The lowest BCUT2D eigenvalue weighted by molar-refractivity contribution is -0.128. The first-order chi connectivity index (χ1) is 11.5. The fourth-order valence-corrected chi connectivity index (χ4v) is 2.01. The SMILES string of the molecule is CC(C)(C)OC(=O)N(CCCNC(=O)C(C)(C)C)Cc1cccnc1. The summed E-state index contributed by atoms with van der Waals surface area (Å²) < 4.78 is 5.48. The molecule has 1 heterocycles. The van der Waals surface area contributed by atoms with E-state index in [0.717, 1.165) is 5.56 Å². The molecule has 2 amide bonds. The van der Waals surface area contributed by atoms with E-state index in [1.165, 1.54) is 0 Å². The third-order valence-corrected chi connectivity index (χ3v) is 3.32. The molecule has 25 heavy (non-hydrogen) atoms. The van der Waals surface area contributed by atoms with E-state index in [1.54, 1.807) is 17.3 Å². The predicted molar refractivity (Wildman–Crippen MR) is 98.0 cm³/mol. The van der Waals surface area contributed by atoms with Crippen LogP contribution in [0.15, 0.2) is 24.5 Å². The third-order valence-electron chi connectivity index (χ3n) is 3.32. The fraction of sp³-hybridized carbons (Fsp3) is 0.632. The van der Waals surface area contributed by atoms with Gasteiger partial charge in [0.25, 0.3) is 0 Å². The van der Waals surface area contributed by atoms with Crippen LogP contribution in [0.3, 0.4) is 0 Å². The molecule has 0 saturated carbocycles. The summed E-state index contributed by atoms with van der Waals surface area (Å²) in [5, 5.41) is 2.90. The number of pyridine rings is 1. The molecule has 1 rings (SSSR count). The van der Waals surface area contributed by atoms with E-state index >= 15 is 0 Å². The van der Waals surface area contributed by atoms with Crippen molar-refractivity contribution in [1.82, 2.24) is 15.2 Å². The quantitative estimate of drug-likeness (QED) is 0.799.